The Bertz CT molecular complexity index is 1160. The largest absolute Gasteiger partial charge is 0.416 e. The van der Waals surface area contributed by atoms with Gasteiger partial charge in [-0.1, -0.05) is 47.7 Å². The lowest BCUT2D eigenvalue weighted by molar-refractivity contribution is -0.137. The van der Waals surface area contributed by atoms with Crippen LogP contribution in [0.4, 0.5) is 13.2 Å². The summed E-state index contributed by atoms with van der Waals surface area (Å²) in [6.45, 7) is 0. The average Bonchev–Trinajstić information content (AvgIpc) is 3.27. The zero-order valence-electron chi connectivity index (χ0n) is 15.5. The van der Waals surface area contributed by atoms with Gasteiger partial charge in [-0.25, -0.2) is 0 Å². The van der Waals surface area contributed by atoms with Crippen LogP contribution in [-0.2, 0) is 12.6 Å². The van der Waals surface area contributed by atoms with Crippen LogP contribution in [0.5, 0.6) is 0 Å². The van der Waals surface area contributed by atoms with Crippen molar-refractivity contribution in [1.29, 1.82) is 0 Å². The molecule has 0 saturated carbocycles. The van der Waals surface area contributed by atoms with Crippen molar-refractivity contribution in [2.45, 2.75) is 18.6 Å². The number of hydrogen-bond acceptors (Lipinski definition) is 4. The topological polar surface area (TPSA) is 83.6 Å². The first-order chi connectivity index (χ1) is 14.4. The predicted octanol–water partition coefficient (Wildman–Crippen LogP) is 4.09. The predicted molar refractivity (Wildman–Crippen MR) is 103 cm³/mol. The number of aromatic amines is 1. The molecule has 30 heavy (non-hydrogen) atoms. The first kappa shape index (κ1) is 19.6. The number of nitrogens with zero attached hydrogens (tertiary/aromatic N) is 3. The fourth-order valence-corrected chi connectivity index (χ4v) is 3.16. The van der Waals surface area contributed by atoms with Crippen molar-refractivity contribution >= 4 is 16.7 Å². The van der Waals surface area contributed by atoms with Crippen molar-refractivity contribution in [3.05, 3.63) is 89.2 Å². The van der Waals surface area contributed by atoms with E-state index in [9.17, 15) is 18.0 Å². The molecule has 0 aliphatic rings. The SMILES string of the molecule is O=C(N[C@H](Cc1ccc(C(F)(F)F)cc1)c1nn[nH]n1)c1ccc2ccccc2c1. The lowest BCUT2D eigenvalue weighted by Gasteiger charge is -2.16. The van der Waals surface area contributed by atoms with E-state index in [2.05, 4.69) is 25.9 Å². The van der Waals surface area contributed by atoms with Crippen molar-refractivity contribution in [1.82, 2.24) is 25.9 Å². The van der Waals surface area contributed by atoms with Crippen LogP contribution in [0, 0.1) is 0 Å². The number of nitrogens with one attached hydrogen (secondary N) is 2. The third-order valence-electron chi connectivity index (χ3n) is 4.71. The van der Waals surface area contributed by atoms with Gasteiger partial charge in [0.1, 0.15) is 0 Å². The molecule has 1 aromatic heterocycles. The molecule has 0 fully saturated rings. The van der Waals surface area contributed by atoms with Crippen LogP contribution >= 0.6 is 0 Å². The maximum absolute atomic E-state index is 12.8. The molecule has 0 aliphatic heterocycles. The molecule has 6 nitrogen and oxygen atoms in total. The van der Waals surface area contributed by atoms with Crippen LogP contribution in [-0.4, -0.2) is 26.5 Å². The van der Waals surface area contributed by atoms with E-state index in [1.165, 1.54) is 12.1 Å². The van der Waals surface area contributed by atoms with Gasteiger partial charge in [0, 0.05) is 12.0 Å². The molecular weight excluding hydrogens is 395 g/mol. The van der Waals surface area contributed by atoms with E-state index in [4.69, 9.17) is 0 Å². The molecule has 0 unspecified atom stereocenters. The number of H-pyrrole nitrogens is 1. The van der Waals surface area contributed by atoms with Crippen molar-refractivity contribution in [2.24, 2.45) is 0 Å². The minimum Gasteiger partial charge on any atom is -0.342 e. The van der Waals surface area contributed by atoms with E-state index in [0.717, 1.165) is 22.9 Å². The van der Waals surface area contributed by atoms with Crippen LogP contribution in [0.3, 0.4) is 0 Å². The third-order valence-corrected chi connectivity index (χ3v) is 4.71. The van der Waals surface area contributed by atoms with Gasteiger partial charge in [-0.15, -0.1) is 10.2 Å². The van der Waals surface area contributed by atoms with Crippen LogP contribution < -0.4 is 5.32 Å². The highest BCUT2D eigenvalue weighted by molar-refractivity contribution is 5.98. The minimum absolute atomic E-state index is 0.205. The molecule has 0 radical (unpaired) electrons. The third kappa shape index (κ3) is 4.29. The lowest BCUT2D eigenvalue weighted by Crippen LogP contribution is -2.30. The summed E-state index contributed by atoms with van der Waals surface area (Å²) in [5, 5.41) is 18.5. The highest BCUT2D eigenvalue weighted by atomic mass is 19.4. The Labute approximate surface area is 169 Å². The monoisotopic (exact) mass is 411 g/mol. The second kappa shape index (κ2) is 7.94. The number of tetrazole rings is 1. The average molecular weight is 411 g/mol. The summed E-state index contributed by atoms with van der Waals surface area (Å²) in [4.78, 5) is 12.8. The van der Waals surface area contributed by atoms with Gasteiger partial charge >= 0.3 is 6.18 Å². The quantitative estimate of drug-likeness (QED) is 0.518. The number of benzene rings is 3. The minimum atomic E-state index is -4.41. The van der Waals surface area contributed by atoms with Crippen LogP contribution in [0.2, 0.25) is 0 Å². The normalized spacial score (nSPS) is 12.6. The zero-order valence-corrected chi connectivity index (χ0v) is 15.5. The maximum Gasteiger partial charge on any atom is 0.416 e. The van der Waals surface area contributed by atoms with Gasteiger partial charge in [-0.3, -0.25) is 4.79 Å². The van der Waals surface area contributed by atoms with Gasteiger partial charge in [-0.2, -0.15) is 18.4 Å². The van der Waals surface area contributed by atoms with E-state index < -0.39 is 17.8 Å². The highest BCUT2D eigenvalue weighted by Crippen LogP contribution is 2.29. The van der Waals surface area contributed by atoms with Crippen molar-refractivity contribution in [2.75, 3.05) is 0 Å². The highest BCUT2D eigenvalue weighted by Gasteiger charge is 2.30. The molecule has 4 aromatic rings. The van der Waals surface area contributed by atoms with Crippen LogP contribution in [0.1, 0.15) is 33.4 Å². The molecule has 2 N–H and O–H groups in total. The Balaban J connectivity index is 1.56. The Morgan fingerprint density at radius 3 is 2.40 bits per heavy atom. The number of fused-ring (bicyclic) bond motifs is 1. The van der Waals surface area contributed by atoms with E-state index in [0.29, 0.717) is 11.1 Å². The fraction of sp³-hybridized carbons (Fsp3) is 0.143. The number of carbonyl (C=O) groups is 1. The van der Waals surface area contributed by atoms with Gasteiger partial charge in [0.05, 0.1) is 11.6 Å². The summed E-state index contributed by atoms with van der Waals surface area (Å²) in [6, 6.07) is 17.1. The Hall–Kier alpha value is -3.75. The number of amides is 1. The molecule has 152 valence electrons. The molecule has 0 bridgehead atoms. The van der Waals surface area contributed by atoms with Gasteiger partial charge in [0.15, 0.2) is 5.82 Å². The van der Waals surface area contributed by atoms with Crippen molar-refractivity contribution < 1.29 is 18.0 Å². The molecule has 0 spiro atoms. The van der Waals surface area contributed by atoms with Gasteiger partial charge < -0.3 is 5.32 Å². The number of carbonyl (C=O) groups excluding carboxylic acids is 1. The van der Waals surface area contributed by atoms with E-state index in [1.807, 2.05) is 30.3 Å². The summed E-state index contributed by atoms with van der Waals surface area (Å²) in [7, 11) is 0. The second-order valence-electron chi connectivity index (χ2n) is 6.76. The molecule has 0 aliphatic carbocycles. The molecule has 1 heterocycles. The Kier molecular flexibility index (Phi) is 5.18. The first-order valence-electron chi connectivity index (χ1n) is 9.09. The van der Waals surface area contributed by atoms with Gasteiger partial charge in [0.2, 0.25) is 0 Å². The molecule has 1 atom stereocenters. The molecule has 4 rings (SSSR count). The summed E-state index contributed by atoms with van der Waals surface area (Å²) in [5.41, 5.74) is 0.314. The van der Waals surface area contributed by atoms with E-state index in [-0.39, 0.29) is 18.2 Å². The fourth-order valence-electron chi connectivity index (χ4n) is 3.16. The summed E-state index contributed by atoms with van der Waals surface area (Å²) >= 11 is 0. The van der Waals surface area contributed by atoms with Crippen molar-refractivity contribution in [3.8, 4) is 0 Å². The molecule has 9 heteroatoms. The number of aromatic nitrogens is 4. The van der Waals surface area contributed by atoms with E-state index >= 15 is 0 Å². The number of alkyl halides is 3. The summed E-state index contributed by atoms with van der Waals surface area (Å²) < 4.78 is 38.4. The molecule has 3 aromatic carbocycles. The molecule has 0 saturated heterocycles. The number of rotatable bonds is 5. The standard InChI is InChI=1S/C21H16F3N5O/c22-21(23,24)17-9-5-13(6-10-17)11-18(19-26-28-29-27-19)25-20(30)16-8-7-14-3-1-2-4-15(14)12-16/h1-10,12,18H,11H2,(H,25,30)(H,26,27,28,29)/t18-/m1/s1. The lowest BCUT2D eigenvalue weighted by atomic mass is 10.0. The zero-order chi connectivity index (χ0) is 21.1. The van der Waals surface area contributed by atoms with Crippen molar-refractivity contribution in [3.63, 3.8) is 0 Å². The maximum atomic E-state index is 12.8. The molecular formula is C21H16F3N5O. The first-order valence-corrected chi connectivity index (χ1v) is 9.09. The second-order valence-corrected chi connectivity index (χ2v) is 6.76. The van der Waals surface area contributed by atoms with Crippen LogP contribution in [0.15, 0.2) is 66.7 Å². The molecule has 1 amide bonds. The number of halogens is 3. The number of hydrogen-bond donors (Lipinski definition) is 2. The Morgan fingerprint density at radius 1 is 1.00 bits per heavy atom. The van der Waals surface area contributed by atoms with Crippen LogP contribution in [0.25, 0.3) is 10.8 Å². The van der Waals surface area contributed by atoms with Gasteiger partial charge in [0.25, 0.3) is 5.91 Å². The smallest absolute Gasteiger partial charge is 0.342 e. The van der Waals surface area contributed by atoms with E-state index in [1.54, 1.807) is 12.1 Å². The van der Waals surface area contributed by atoms with Gasteiger partial charge in [-0.05, 0) is 40.6 Å². The Morgan fingerprint density at radius 2 is 1.73 bits per heavy atom. The summed E-state index contributed by atoms with van der Waals surface area (Å²) in [6.07, 6.45) is -4.20. The summed E-state index contributed by atoms with van der Waals surface area (Å²) in [5.74, 6) is -0.105.